The SMILES string of the molecule is COC(C)(C)CC(=O)Nc1cc(C(=O)O)ccc1Cl. The Kier molecular flexibility index (Phi) is 4.91. The van der Waals surface area contributed by atoms with Crippen LogP contribution in [0.5, 0.6) is 0 Å². The van der Waals surface area contributed by atoms with Gasteiger partial charge < -0.3 is 15.2 Å². The molecule has 104 valence electrons. The van der Waals surface area contributed by atoms with E-state index >= 15 is 0 Å². The summed E-state index contributed by atoms with van der Waals surface area (Å²) < 4.78 is 5.15. The lowest BCUT2D eigenvalue weighted by atomic mass is 10.0. The molecule has 1 rings (SSSR count). The maximum Gasteiger partial charge on any atom is 0.335 e. The molecule has 0 aliphatic rings. The molecule has 1 amide bonds. The quantitative estimate of drug-likeness (QED) is 0.872. The van der Waals surface area contributed by atoms with Crippen LogP contribution in [0.3, 0.4) is 0 Å². The van der Waals surface area contributed by atoms with Gasteiger partial charge in [0.15, 0.2) is 0 Å². The van der Waals surface area contributed by atoms with E-state index in [4.69, 9.17) is 21.4 Å². The largest absolute Gasteiger partial charge is 0.478 e. The fourth-order valence-corrected chi connectivity index (χ4v) is 1.57. The number of anilines is 1. The molecule has 0 fully saturated rings. The predicted octanol–water partition coefficient (Wildman–Crippen LogP) is 2.79. The van der Waals surface area contributed by atoms with Crippen molar-refractivity contribution in [1.29, 1.82) is 0 Å². The number of methoxy groups -OCH3 is 1. The molecule has 2 N–H and O–H groups in total. The summed E-state index contributed by atoms with van der Waals surface area (Å²) in [6.45, 7) is 3.56. The molecule has 1 aromatic rings. The molecule has 0 unspecified atom stereocenters. The maximum atomic E-state index is 11.8. The summed E-state index contributed by atoms with van der Waals surface area (Å²) in [4.78, 5) is 22.7. The molecule has 1 aromatic carbocycles. The number of halogens is 1. The number of ether oxygens (including phenoxy) is 1. The van der Waals surface area contributed by atoms with Gasteiger partial charge in [-0.1, -0.05) is 11.6 Å². The van der Waals surface area contributed by atoms with Crippen LogP contribution < -0.4 is 5.32 Å². The Labute approximate surface area is 116 Å². The summed E-state index contributed by atoms with van der Waals surface area (Å²) in [7, 11) is 1.52. The molecule has 5 nitrogen and oxygen atoms in total. The molecule has 0 bridgehead atoms. The first-order chi connectivity index (χ1) is 8.75. The van der Waals surface area contributed by atoms with E-state index < -0.39 is 11.6 Å². The number of carbonyl (C=O) groups excluding carboxylic acids is 1. The highest BCUT2D eigenvalue weighted by Gasteiger charge is 2.21. The Hall–Kier alpha value is -1.59. The van der Waals surface area contributed by atoms with Crippen molar-refractivity contribution in [2.24, 2.45) is 0 Å². The van der Waals surface area contributed by atoms with Crippen molar-refractivity contribution in [2.75, 3.05) is 12.4 Å². The van der Waals surface area contributed by atoms with E-state index in [9.17, 15) is 9.59 Å². The van der Waals surface area contributed by atoms with Gasteiger partial charge in [-0.15, -0.1) is 0 Å². The summed E-state index contributed by atoms with van der Waals surface area (Å²) >= 11 is 5.91. The summed E-state index contributed by atoms with van der Waals surface area (Å²) in [5.41, 5.74) is -0.259. The monoisotopic (exact) mass is 285 g/mol. The van der Waals surface area contributed by atoms with Gasteiger partial charge in [0.05, 0.1) is 28.3 Å². The fourth-order valence-electron chi connectivity index (χ4n) is 1.41. The molecule has 0 radical (unpaired) electrons. The number of aromatic carboxylic acids is 1. The average molecular weight is 286 g/mol. The minimum absolute atomic E-state index is 0.0608. The zero-order chi connectivity index (χ0) is 14.6. The molecule has 0 saturated heterocycles. The van der Waals surface area contributed by atoms with E-state index in [1.807, 2.05) is 0 Å². The van der Waals surface area contributed by atoms with Crippen molar-refractivity contribution >= 4 is 29.2 Å². The lowest BCUT2D eigenvalue weighted by Gasteiger charge is -2.22. The number of benzene rings is 1. The van der Waals surface area contributed by atoms with Crippen LogP contribution in [0.1, 0.15) is 30.6 Å². The second kappa shape index (κ2) is 6.04. The van der Waals surface area contributed by atoms with Crippen LogP contribution in [0.2, 0.25) is 5.02 Å². The fraction of sp³-hybridized carbons (Fsp3) is 0.385. The van der Waals surface area contributed by atoms with Crippen molar-refractivity contribution in [2.45, 2.75) is 25.9 Å². The molecule has 0 aromatic heterocycles. The highest BCUT2D eigenvalue weighted by molar-refractivity contribution is 6.33. The number of carbonyl (C=O) groups is 2. The van der Waals surface area contributed by atoms with Crippen LogP contribution in [0, 0.1) is 0 Å². The van der Waals surface area contributed by atoms with Crippen molar-refractivity contribution in [3.63, 3.8) is 0 Å². The normalized spacial score (nSPS) is 11.2. The number of hydrogen-bond acceptors (Lipinski definition) is 3. The maximum absolute atomic E-state index is 11.8. The smallest absolute Gasteiger partial charge is 0.335 e. The van der Waals surface area contributed by atoms with Crippen molar-refractivity contribution in [3.05, 3.63) is 28.8 Å². The van der Waals surface area contributed by atoms with Gasteiger partial charge in [0.2, 0.25) is 5.91 Å². The van der Waals surface area contributed by atoms with Gasteiger partial charge in [-0.25, -0.2) is 4.79 Å². The van der Waals surface area contributed by atoms with Crippen molar-refractivity contribution in [3.8, 4) is 0 Å². The van der Waals surface area contributed by atoms with Crippen LogP contribution in [-0.4, -0.2) is 29.7 Å². The van der Waals surface area contributed by atoms with Gasteiger partial charge in [0.25, 0.3) is 0 Å². The van der Waals surface area contributed by atoms with E-state index in [1.165, 1.54) is 25.3 Å². The van der Waals surface area contributed by atoms with E-state index in [0.29, 0.717) is 0 Å². The molecular formula is C13H16ClNO4. The minimum Gasteiger partial charge on any atom is -0.478 e. The third-order valence-corrected chi connectivity index (χ3v) is 2.96. The Morgan fingerprint density at radius 3 is 2.58 bits per heavy atom. The van der Waals surface area contributed by atoms with Crippen LogP contribution in [-0.2, 0) is 9.53 Å². The van der Waals surface area contributed by atoms with Gasteiger partial charge in [-0.05, 0) is 32.0 Å². The number of nitrogens with one attached hydrogen (secondary N) is 1. The number of rotatable bonds is 5. The number of carboxylic acid groups (broad SMARTS) is 1. The molecule has 0 saturated carbocycles. The Morgan fingerprint density at radius 1 is 1.42 bits per heavy atom. The highest BCUT2D eigenvalue weighted by Crippen LogP contribution is 2.24. The number of hydrogen-bond donors (Lipinski definition) is 2. The molecule has 0 spiro atoms. The standard InChI is InChI=1S/C13H16ClNO4/c1-13(2,19-3)7-11(16)15-10-6-8(12(17)18)4-5-9(10)14/h4-6H,7H2,1-3H3,(H,15,16)(H,17,18). The molecule has 6 heteroatoms. The molecule has 0 atom stereocenters. The molecule has 0 aliphatic carbocycles. The molecule has 19 heavy (non-hydrogen) atoms. The summed E-state index contributed by atoms with van der Waals surface area (Å²) in [6, 6.07) is 4.13. The first-order valence-electron chi connectivity index (χ1n) is 5.63. The highest BCUT2D eigenvalue weighted by atomic mass is 35.5. The van der Waals surface area contributed by atoms with E-state index in [0.717, 1.165) is 0 Å². The minimum atomic E-state index is -1.08. The summed E-state index contributed by atoms with van der Waals surface area (Å²) in [6.07, 6.45) is 0.136. The Morgan fingerprint density at radius 2 is 2.05 bits per heavy atom. The zero-order valence-corrected chi connectivity index (χ0v) is 11.7. The number of amides is 1. The van der Waals surface area contributed by atoms with E-state index in [1.54, 1.807) is 13.8 Å². The summed E-state index contributed by atoms with van der Waals surface area (Å²) in [5.74, 6) is -1.37. The van der Waals surface area contributed by atoms with Crippen LogP contribution in [0.25, 0.3) is 0 Å². The summed E-state index contributed by atoms with van der Waals surface area (Å²) in [5, 5.41) is 11.8. The average Bonchev–Trinajstić information content (AvgIpc) is 2.31. The predicted molar refractivity (Wildman–Crippen MR) is 72.7 cm³/mol. The lowest BCUT2D eigenvalue weighted by Crippen LogP contribution is -2.29. The third kappa shape index (κ3) is 4.54. The van der Waals surface area contributed by atoms with Crippen molar-refractivity contribution in [1.82, 2.24) is 0 Å². The zero-order valence-electron chi connectivity index (χ0n) is 11.0. The third-order valence-electron chi connectivity index (χ3n) is 2.63. The van der Waals surface area contributed by atoms with Gasteiger partial charge >= 0.3 is 5.97 Å². The van der Waals surface area contributed by atoms with E-state index in [2.05, 4.69) is 5.32 Å². The lowest BCUT2D eigenvalue weighted by molar-refractivity contribution is -0.121. The van der Waals surface area contributed by atoms with Gasteiger partial charge in [-0.2, -0.15) is 0 Å². The Balaban J connectivity index is 2.84. The van der Waals surface area contributed by atoms with Crippen molar-refractivity contribution < 1.29 is 19.4 Å². The van der Waals surface area contributed by atoms with Crippen LogP contribution in [0.4, 0.5) is 5.69 Å². The Bertz CT molecular complexity index is 499. The topological polar surface area (TPSA) is 75.6 Å². The number of carboxylic acids is 1. The first kappa shape index (κ1) is 15.5. The second-order valence-electron chi connectivity index (χ2n) is 4.69. The van der Waals surface area contributed by atoms with Gasteiger partial charge in [-0.3, -0.25) is 4.79 Å². The van der Waals surface area contributed by atoms with Crippen LogP contribution >= 0.6 is 11.6 Å². The van der Waals surface area contributed by atoms with Crippen LogP contribution in [0.15, 0.2) is 18.2 Å². The van der Waals surface area contributed by atoms with Gasteiger partial charge in [0, 0.05) is 7.11 Å². The molecular weight excluding hydrogens is 270 g/mol. The van der Waals surface area contributed by atoms with E-state index in [-0.39, 0.29) is 28.6 Å². The second-order valence-corrected chi connectivity index (χ2v) is 5.10. The first-order valence-corrected chi connectivity index (χ1v) is 6.01. The molecule has 0 aliphatic heterocycles. The van der Waals surface area contributed by atoms with Gasteiger partial charge in [0.1, 0.15) is 0 Å². The molecule has 0 heterocycles.